The van der Waals surface area contributed by atoms with Crippen LogP contribution in [0.5, 0.6) is 5.75 Å². The fourth-order valence-electron chi connectivity index (χ4n) is 2.88. The molecule has 2 aromatic heterocycles. The van der Waals surface area contributed by atoms with E-state index in [-0.39, 0.29) is 5.82 Å². The van der Waals surface area contributed by atoms with Gasteiger partial charge in [-0.15, -0.1) is 20.4 Å². The Bertz CT molecular complexity index is 1130. The maximum Gasteiger partial charge on any atom is 0.226 e. The molecule has 0 spiro atoms. The standard InChI is InChI=1S/C21H20FN5O2S/c1-3-18-23-24-19(29-18)13-30-21-26-25-20(14-9-11-15(12-10-14)28-4-2)27(21)17-8-6-5-7-16(17)22/h5-12H,3-4,13H2,1-2H3. The molecule has 4 rings (SSSR count). The monoisotopic (exact) mass is 425 g/mol. The zero-order valence-corrected chi connectivity index (χ0v) is 17.4. The molecule has 2 aromatic carbocycles. The Hall–Kier alpha value is -3.20. The first-order valence-corrected chi connectivity index (χ1v) is 10.6. The average Bonchev–Trinajstić information content (AvgIpc) is 3.40. The van der Waals surface area contributed by atoms with Crippen molar-refractivity contribution in [1.29, 1.82) is 0 Å². The third-order valence-corrected chi connectivity index (χ3v) is 5.20. The second-order valence-electron chi connectivity index (χ2n) is 6.28. The van der Waals surface area contributed by atoms with Gasteiger partial charge < -0.3 is 9.15 Å². The van der Waals surface area contributed by atoms with Crippen LogP contribution < -0.4 is 4.74 Å². The van der Waals surface area contributed by atoms with Crippen LogP contribution >= 0.6 is 11.8 Å². The van der Waals surface area contributed by atoms with Gasteiger partial charge in [-0.3, -0.25) is 4.57 Å². The van der Waals surface area contributed by atoms with E-state index in [0.29, 0.717) is 47.2 Å². The van der Waals surface area contributed by atoms with Gasteiger partial charge in [0.05, 0.1) is 18.0 Å². The summed E-state index contributed by atoms with van der Waals surface area (Å²) in [7, 11) is 0. The normalized spacial score (nSPS) is 11.0. The van der Waals surface area contributed by atoms with Gasteiger partial charge >= 0.3 is 0 Å². The van der Waals surface area contributed by atoms with Crippen molar-refractivity contribution in [3.8, 4) is 22.8 Å². The number of aromatic nitrogens is 5. The van der Waals surface area contributed by atoms with E-state index in [4.69, 9.17) is 9.15 Å². The molecule has 0 fully saturated rings. The molecular formula is C21H20FN5O2S. The molecule has 0 saturated carbocycles. The maximum absolute atomic E-state index is 14.7. The summed E-state index contributed by atoms with van der Waals surface area (Å²) < 4.78 is 27.4. The van der Waals surface area contributed by atoms with Gasteiger partial charge in [0.2, 0.25) is 11.8 Å². The highest BCUT2D eigenvalue weighted by molar-refractivity contribution is 7.98. The Labute approximate surface area is 177 Å². The van der Waals surface area contributed by atoms with E-state index in [0.717, 1.165) is 11.3 Å². The first-order chi connectivity index (χ1) is 14.7. The van der Waals surface area contributed by atoms with Crippen LogP contribution in [0.15, 0.2) is 58.1 Å². The molecule has 0 atom stereocenters. The van der Waals surface area contributed by atoms with Gasteiger partial charge in [-0.05, 0) is 43.3 Å². The number of rotatable bonds is 8. The van der Waals surface area contributed by atoms with E-state index in [2.05, 4.69) is 20.4 Å². The second kappa shape index (κ2) is 9.08. The highest BCUT2D eigenvalue weighted by Gasteiger charge is 2.19. The zero-order chi connectivity index (χ0) is 20.9. The Balaban J connectivity index is 1.70. The highest BCUT2D eigenvalue weighted by Crippen LogP contribution is 2.31. The second-order valence-corrected chi connectivity index (χ2v) is 7.22. The van der Waals surface area contributed by atoms with E-state index in [9.17, 15) is 4.39 Å². The summed E-state index contributed by atoms with van der Waals surface area (Å²) in [5.74, 6) is 2.40. The number of benzene rings is 2. The Kier molecular flexibility index (Phi) is 6.08. The summed E-state index contributed by atoms with van der Waals surface area (Å²) in [4.78, 5) is 0. The van der Waals surface area contributed by atoms with Crippen LogP contribution in [0.2, 0.25) is 0 Å². The van der Waals surface area contributed by atoms with Crippen molar-refractivity contribution in [2.24, 2.45) is 0 Å². The van der Waals surface area contributed by atoms with Gasteiger partial charge in [0.15, 0.2) is 11.0 Å². The number of para-hydroxylation sites is 1. The van der Waals surface area contributed by atoms with Gasteiger partial charge in [0, 0.05) is 12.0 Å². The predicted octanol–water partition coefficient (Wildman–Crippen LogP) is 4.71. The van der Waals surface area contributed by atoms with Crippen molar-refractivity contribution in [3.05, 3.63) is 66.1 Å². The highest BCUT2D eigenvalue weighted by atomic mass is 32.2. The number of ether oxygens (including phenoxy) is 1. The first-order valence-electron chi connectivity index (χ1n) is 9.57. The smallest absolute Gasteiger partial charge is 0.226 e. The summed E-state index contributed by atoms with van der Waals surface area (Å²) in [5.41, 5.74) is 1.17. The summed E-state index contributed by atoms with van der Waals surface area (Å²) in [6.45, 7) is 4.46. The lowest BCUT2D eigenvalue weighted by Crippen LogP contribution is -2.02. The molecule has 0 bridgehead atoms. The summed E-state index contributed by atoms with van der Waals surface area (Å²) in [5, 5.41) is 17.2. The largest absolute Gasteiger partial charge is 0.494 e. The van der Waals surface area contributed by atoms with Crippen molar-refractivity contribution in [1.82, 2.24) is 25.0 Å². The quantitative estimate of drug-likeness (QED) is 0.378. The molecular weight excluding hydrogens is 405 g/mol. The van der Waals surface area contributed by atoms with Crippen molar-refractivity contribution < 1.29 is 13.5 Å². The van der Waals surface area contributed by atoms with E-state index in [1.807, 2.05) is 38.1 Å². The lowest BCUT2D eigenvalue weighted by atomic mass is 10.2. The third-order valence-electron chi connectivity index (χ3n) is 4.29. The summed E-state index contributed by atoms with van der Waals surface area (Å²) >= 11 is 1.36. The maximum atomic E-state index is 14.7. The SMILES string of the molecule is CCOc1ccc(-c2nnc(SCc3nnc(CC)o3)n2-c2ccccc2F)cc1. The lowest BCUT2D eigenvalue weighted by Gasteiger charge is -2.11. The minimum absolute atomic E-state index is 0.364. The van der Waals surface area contributed by atoms with E-state index in [1.165, 1.54) is 17.8 Å². The lowest BCUT2D eigenvalue weighted by molar-refractivity contribution is 0.340. The predicted molar refractivity (Wildman–Crippen MR) is 111 cm³/mol. The van der Waals surface area contributed by atoms with Crippen molar-refractivity contribution in [3.63, 3.8) is 0 Å². The number of thioether (sulfide) groups is 1. The molecule has 154 valence electrons. The summed E-state index contributed by atoms with van der Waals surface area (Å²) in [6.07, 6.45) is 0.672. The number of hydrogen-bond acceptors (Lipinski definition) is 7. The minimum Gasteiger partial charge on any atom is -0.494 e. The van der Waals surface area contributed by atoms with Gasteiger partial charge in [0.1, 0.15) is 11.6 Å². The summed E-state index contributed by atoms with van der Waals surface area (Å²) in [6, 6.07) is 14.0. The van der Waals surface area contributed by atoms with Crippen LogP contribution in [-0.4, -0.2) is 31.6 Å². The van der Waals surface area contributed by atoms with E-state index in [1.54, 1.807) is 22.8 Å². The molecule has 4 aromatic rings. The molecule has 0 N–H and O–H groups in total. The Morgan fingerprint density at radius 3 is 2.43 bits per heavy atom. The van der Waals surface area contributed by atoms with Crippen molar-refractivity contribution >= 4 is 11.8 Å². The molecule has 0 unspecified atom stereocenters. The molecule has 30 heavy (non-hydrogen) atoms. The first kappa shape index (κ1) is 20.1. The van der Waals surface area contributed by atoms with Crippen LogP contribution in [0.1, 0.15) is 25.6 Å². The third kappa shape index (κ3) is 4.20. The van der Waals surface area contributed by atoms with E-state index < -0.39 is 0 Å². The minimum atomic E-state index is -0.364. The molecule has 9 heteroatoms. The van der Waals surface area contributed by atoms with Gasteiger partial charge in [0.25, 0.3) is 0 Å². The molecule has 0 radical (unpaired) electrons. The topological polar surface area (TPSA) is 78.9 Å². The number of hydrogen-bond donors (Lipinski definition) is 0. The van der Waals surface area contributed by atoms with Crippen molar-refractivity contribution in [2.45, 2.75) is 31.2 Å². The van der Waals surface area contributed by atoms with Gasteiger partial charge in [-0.2, -0.15) is 0 Å². The van der Waals surface area contributed by atoms with E-state index >= 15 is 0 Å². The molecule has 2 heterocycles. The van der Waals surface area contributed by atoms with Crippen LogP contribution in [0.25, 0.3) is 17.1 Å². The molecule has 0 aliphatic heterocycles. The Morgan fingerprint density at radius 2 is 1.73 bits per heavy atom. The van der Waals surface area contributed by atoms with Gasteiger partial charge in [-0.1, -0.05) is 30.8 Å². The zero-order valence-electron chi connectivity index (χ0n) is 16.6. The molecule has 0 saturated heterocycles. The Morgan fingerprint density at radius 1 is 0.967 bits per heavy atom. The van der Waals surface area contributed by atoms with Crippen LogP contribution in [-0.2, 0) is 12.2 Å². The molecule has 0 aliphatic rings. The molecule has 7 nitrogen and oxygen atoms in total. The number of nitrogens with zero attached hydrogens (tertiary/aromatic N) is 5. The number of halogens is 1. The van der Waals surface area contributed by atoms with Crippen molar-refractivity contribution in [2.75, 3.05) is 6.61 Å². The van der Waals surface area contributed by atoms with Crippen LogP contribution in [0, 0.1) is 5.82 Å². The van der Waals surface area contributed by atoms with Gasteiger partial charge in [-0.25, -0.2) is 4.39 Å². The average molecular weight is 425 g/mol. The number of aryl methyl sites for hydroxylation is 1. The fourth-order valence-corrected chi connectivity index (χ4v) is 3.67. The molecule has 0 aliphatic carbocycles. The fraction of sp³-hybridized carbons (Fsp3) is 0.238. The van der Waals surface area contributed by atoms with Crippen LogP contribution in [0.4, 0.5) is 4.39 Å². The molecule has 0 amide bonds. The van der Waals surface area contributed by atoms with Crippen LogP contribution in [0.3, 0.4) is 0 Å².